The average Bonchev–Trinajstić information content (AvgIpc) is 3.16. The molecule has 0 aliphatic carbocycles. The number of nitrogens with zero attached hydrogens (tertiary/aromatic N) is 3. The van der Waals surface area contributed by atoms with E-state index in [2.05, 4.69) is 15.4 Å². The zero-order chi connectivity index (χ0) is 22.8. The Morgan fingerprint density at radius 2 is 1.55 bits per heavy atom. The number of aryl methyl sites for hydroxylation is 1. The van der Waals surface area contributed by atoms with Crippen LogP contribution in [0.15, 0.2) is 91.1 Å². The number of hydrogen-bond donors (Lipinski definition) is 1. The van der Waals surface area contributed by atoms with Crippen molar-refractivity contribution in [3.63, 3.8) is 0 Å². The van der Waals surface area contributed by atoms with E-state index in [4.69, 9.17) is 0 Å². The van der Waals surface area contributed by atoms with Crippen molar-refractivity contribution in [2.24, 2.45) is 0 Å². The SMILES string of the molecule is Cc1nn(CC(=O)Nc2ccc(-c3ccccc3)cc2)c2nccc(-c3ccc(F)cc3)c12. The van der Waals surface area contributed by atoms with Gasteiger partial charge in [0.25, 0.3) is 0 Å². The second-order valence-corrected chi connectivity index (χ2v) is 7.80. The molecule has 0 saturated carbocycles. The number of nitrogens with one attached hydrogen (secondary N) is 1. The first-order valence-corrected chi connectivity index (χ1v) is 10.6. The van der Waals surface area contributed by atoms with Gasteiger partial charge < -0.3 is 5.32 Å². The number of amides is 1. The molecule has 3 aromatic carbocycles. The Kier molecular flexibility index (Phi) is 5.40. The van der Waals surface area contributed by atoms with E-state index in [-0.39, 0.29) is 18.3 Å². The van der Waals surface area contributed by atoms with Crippen LogP contribution < -0.4 is 5.32 Å². The first-order valence-electron chi connectivity index (χ1n) is 10.6. The molecular formula is C27H21FN4O. The topological polar surface area (TPSA) is 59.8 Å². The Labute approximate surface area is 190 Å². The molecule has 6 heteroatoms. The maximum absolute atomic E-state index is 13.4. The third-order valence-electron chi connectivity index (χ3n) is 5.53. The van der Waals surface area contributed by atoms with Crippen molar-refractivity contribution in [3.05, 3.63) is 103 Å². The number of carbonyl (C=O) groups excluding carboxylic acids is 1. The zero-order valence-corrected chi connectivity index (χ0v) is 18.0. The summed E-state index contributed by atoms with van der Waals surface area (Å²) >= 11 is 0. The number of hydrogen-bond acceptors (Lipinski definition) is 3. The summed E-state index contributed by atoms with van der Waals surface area (Å²) in [7, 11) is 0. The normalized spacial score (nSPS) is 11.0. The van der Waals surface area contributed by atoms with Crippen LogP contribution in [-0.2, 0) is 11.3 Å². The molecule has 1 amide bonds. The molecule has 5 rings (SSSR count). The number of benzene rings is 3. The summed E-state index contributed by atoms with van der Waals surface area (Å²) in [4.78, 5) is 17.2. The number of aromatic nitrogens is 3. The third-order valence-corrected chi connectivity index (χ3v) is 5.53. The lowest BCUT2D eigenvalue weighted by Gasteiger charge is -2.08. The van der Waals surface area contributed by atoms with E-state index < -0.39 is 0 Å². The molecule has 1 N–H and O–H groups in total. The van der Waals surface area contributed by atoms with Gasteiger partial charge in [-0.2, -0.15) is 5.10 Å². The van der Waals surface area contributed by atoms with Gasteiger partial charge in [0.05, 0.1) is 5.69 Å². The van der Waals surface area contributed by atoms with Crippen molar-refractivity contribution in [1.29, 1.82) is 0 Å². The Morgan fingerprint density at radius 3 is 2.27 bits per heavy atom. The Morgan fingerprint density at radius 1 is 0.879 bits per heavy atom. The highest BCUT2D eigenvalue weighted by Crippen LogP contribution is 2.30. The van der Waals surface area contributed by atoms with Crippen LogP contribution in [-0.4, -0.2) is 20.7 Å². The van der Waals surface area contributed by atoms with E-state index in [1.54, 1.807) is 23.0 Å². The van der Waals surface area contributed by atoms with E-state index in [1.807, 2.05) is 67.6 Å². The van der Waals surface area contributed by atoms with Gasteiger partial charge in [0.1, 0.15) is 12.4 Å². The number of fused-ring (bicyclic) bond motifs is 1. The summed E-state index contributed by atoms with van der Waals surface area (Å²) in [6.07, 6.45) is 1.68. The lowest BCUT2D eigenvalue weighted by Crippen LogP contribution is -2.19. The lowest BCUT2D eigenvalue weighted by molar-refractivity contribution is -0.116. The lowest BCUT2D eigenvalue weighted by atomic mass is 10.0. The highest BCUT2D eigenvalue weighted by atomic mass is 19.1. The summed E-state index contributed by atoms with van der Waals surface area (Å²) < 4.78 is 15.0. The minimum absolute atomic E-state index is 0.0324. The van der Waals surface area contributed by atoms with Crippen LogP contribution in [0.25, 0.3) is 33.3 Å². The van der Waals surface area contributed by atoms with Gasteiger partial charge in [-0.1, -0.05) is 54.6 Å². The summed E-state index contributed by atoms with van der Waals surface area (Å²) in [5.41, 5.74) is 6.07. The largest absolute Gasteiger partial charge is 0.324 e. The van der Waals surface area contributed by atoms with E-state index in [0.717, 1.165) is 33.3 Å². The van der Waals surface area contributed by atoms with Gasteiger partial charge >= 0.3 is 0 Å². The molecule has 0 spiro atoms. The minimum atomic E-state index is -0.287. The van der Waals surface area contributed by atoms with E-state index in [1.165, 1.54) is 12.1 Å². The average molecular weight is 436 g/mol. The molecule has 0 fully saturated rings. The number of pyridine rings is 1. The van der Waals surface area contributed by atoms with Crippen LogP contribution in [0.2, 0.25) is 0 Å². The summed E-state index contributed by atoms with van der Waals surface area (Å²) in [6, 6.07) is 26.0. The van der Waals surface area contributed by atoms with Crippen molar-refractivity contribution >= 4 is 22.6 Å². The van der Waals surface area contributed by atoms with Crippen LogP contribution in [0.5, 0.6) is 0 Å². The molecule has 162 valence electrons. The molecular weight excluding hydrogens is 415 g/mol. The standard InChI is InChI=1S/C27H21FN4O/c1-18-26-24(21-7-11-22(28)12-8-21)15-16-29-27(26)32(31-18)17-25(33)30-23-13-9-20(10-14-23)19-5-3-2-4-6-19/h2-16H,17H2,1H3,(H,30,33). The van der Waals surface area contributed by atoms with Crippen molar-refractivity contribution in [2.75, 3.05) is 5.32 Å². The fourth-order valence-corrected chi connectivity index (χ4v) is 3.97. The molecule has 0 saturated heterocycles. The second-order valence-electron chi connectivity index (χ2n) is 7.80. The molecule has 0 unspecified atom stereocenters. The van der Waals surface area contributed by atoms with Crippen molar-refractivity contribution < 1.29 is 9.18 Å². The van der Waals surface area contributed by atoms with E-state index in [9.17, 15) is 9.18 Å². The van der Waals surface area contributed by atoms with Gasteiger partial charge in [-0.15, -0.1) is 0 Å². The van der Waals surface area contributed by atoms with E-state index >= 15 is 0 Å². The minimum Gasteiger partial charge on any atom is -0.324 e. The van der Waals surface area contributed by atoms with Gasteiger partial charge in [-0.3, -0.25) is 4.79 Å². The molecule has 2 aromatic heterocycles. The van der Waals surface area contributed by atoms with Crippen LogP contribution in [0.1, 0.15) is 5.69 Å². The van der Waals surface area contributed by atoms with Gasteiger partial charge in [0.15, 0.2) is 5.65 Å². The molecule has 0 aliphatic rings. The Balaban J connectivity index is 1.36. The quantitative estimate of drug-likeness (QED) is 0.376. The Hall–Kier alpha value is -4.32. The number of carbonyl (C=O) groups is 1. The molecule has 5 nitrogen and oxygen atoms in total. The van der Waals surface area contributed by atoms with Crippen molar-refractivity contribution in [1.82, 2.24) is 14.8 Å². The van der Waals surface area contributed by atoms with Crippen molar-refractivity contribution in [2.45, 2.75) is 13.5 Å². The monoisotopic (exact) mass is 436 g/mol. The van der Waals surface area contributed by atoms with Gasteiger partial charge in [-0.05, 0) is 59.5 Å². The van der Waals surface area contributed by atoms with Crippen LogP contribution in [0.3, 0.4) is 0 Å². The second kappa shape index (κ2) is 8.67. The molecule has 0 atom stereocenters. The van der Waals surface area contributed by atoms with Crippen LogP contribution >= 0.6 is 0 Å². The predicted octanol–water partition coefficient (Wildman–Crippen LogP) is 5.85. The van der Waals surface area contributed by atoms with Crippen LogP contribution in [0.4, 0.5) is 10.1 Å². The molecule has 0 bridgehead atoms. The molecule has 5 aromatic rings. The van der Waals surface area contributed by atoms with Gasteiger partial charge in [-0.25, -0.2) is 14.1 Å². The van der Waals surface area contributed by atoms with Gasteiger partial charge in [0, 0.05) is 17.3 Å². The maximum Gasteiger partial charge on any atom is 0.246 e. The fraction of sp³-hybridized carbons (Fsp3) is 0.0741. The smallest absolute Gasteiger partial charge is 0.246 e. The first kappa shape index (κ1) is 20.6. The van der Waals surface area contributed by atoms with Gasteiger partial charge in [0.2, 0.25) is 5.91 Å². The molecule has 2 heterocycles. The number of halogens is 1. The maximum atomic E-state index is 13.4. The first-order chi connectivity index (χ1) is 16.1. The summed E-state index contributed by atoms with van der Waals surface area (Å²) in [5.74, 6) is -0.481. The highest BCUT2D eigenvalue weighted by Gasteiger charge is 2.16. The highest BCUT2D eigenvalue weighted by molar-refractivity contribution is 5.96. The molecule has 0 aliphatic heterocycles. The summed E-state index contributed by atoms with van der Waals surface area (Å²) in [6.45, 7) is 1.92. The van der Waals surface area contributed by atoms with E-state index in [0.29, 0.717) is 11.3 Å². The number of rotatable bonds is 5. The van der Waals surface area contributed by atoms with Crippen LogP contribution in [0, 0.1) is 12.7 Å². The number of anilines is 1. The zero-order valence-electron chi connectivity index (χ0n) is 18.0. The third kappa shape index (κ3) is 4.23. The molecule has 0 radical (unpaired) electrons. The Bertz CT molecular complexity index is 1430. The van der Waals surface area contributed by atoms with Crippen molar-refractivity contribution in [3.8, 4) is 22.3 Å². The predicted molar refractivity (Wildman–Crippen MR) is 128 cm³/mol. The molecule has 33 heavy (non-hydrogen) atoms. The fourth-order valence-electron chi connectivity index (χ4n) is 3.97. The summed E-state index contributed by atoms with van der Waals surface area (Å²) in [5, 5.41) is 8.33.